The molecular weight excluding hydrogens is 352 g/mol. The van der Waals surface area contributed by atoms with Crippen molar-refractivity contribution in [3.63, 3.8) is 0 Å². The van der Waals surface area contributed by atoms with Crippen molar-refractivity contribution in [3.8, 4) is 0 Å². The molecule has 0 fully saturated rings. The molecule has 9 nitrogen and oxygen atoms in total. The topological polar surface area (TPSA) is 158 Å². The maximum absolute atomic E-state index is 12.3. The molecule has 4 atom stereocenters. The largest absolute Gasteiger partial charge is 0.480 e. The van der Waals surface area contributed by atoms with Crippen molar-refractivity contribution >= 4 is 28.7 Å². The number of carboxylic acids is 1. The number of aromatic nitrogens is 1. The van der Waals surface area contributed by atoms with Crippen molar-refractivity contribution in [2.45, 2.75) is 44.5 Å². The lowest BCUT2D eigenvalue weighted by Gasteiger charge is -2.21. The van der Waals surface area contributed by atoms with Crippen LogP contribution < -0.4 is 16.4 Å². The lowest BCUT2D eigenvalue weighted by molar-refractivity contribution is -0.145. The molecule has 0 aliphatic carbocycles. The third-order valence-corrected chi connectivity index (χ3v) is 4.25. The molecule has 2 aromatic rings. The summed E-state index contributed by atoms with van der Waals surface area (Å²) >= 11 is 0. The van der Waals surface area contributed by atoms with Crippen LogP contribution in [0.25, 0.3) is 10.9 Å². The Morgan fingerprint density at radius 3 is 2.44 bits per heavy atom. The first-order valence-electron chi connectivity index (χ1n) is 8.53. The highest BCUT2D eigenvalue weighted by molar-refractivity contribution is 5.92. The van der Waals surface area contributed by atoms with Crippen molar-refractivity contribution in [3.05, 3.63) is 36.0 Å². The van der Waals surface area contributed by atoms with E-state index in [1.54, 1.807) is 6.20 Å². The normalized spacial score (nSPS) is 15.6. The maximum atomic E-state index is 12.3. The molecule has 1 aromatic carbocycles. The molecule has 0 aliphatic rings. The number of nitrogens with two attached hydrogens (primary N) is 1. The summed E-state index contributed by atoms with van der Waals surface area (Å²) in [5, 5.41) is 24.0. The van der Waals surface area contributed by atoms with E-state index in [1.165, 1.54) is 13.8 Å². The van der Waals surface area contributed by atoms with Gasteiger partial charge in [0.05, 0.1) is 12.1 Å². The molecule has 7 N–H and O–H groups in total. The molecule has 0 bridgehead atoms. The number of H-pyrrole nitrogens is 1. The standard InChI is InChI=1S/C18H24N4O5/c1-9(16(24)22-15(10(2)23)18(26)27)21-17(25)13(19)7-11-8-20-14-6-4-3-5-12(11)14/h3-6,8-10,13,15,20,23H,7,19H2,1-2H3,(H,21,25)(H,22,24)(H,26,27). The molecule has 4 unspecified atom stereocenters. The smallest absolute Gasteiger partial charge is 0.328 e. The summed E-state index contributed by atoms with van der Waals surface area (Å²) in [5.74, 6) is -2.63. The van der Waals surface area contributed by atoms with Gasteiger partial charge in [0, 0.05) is 17.1 Å². The zero-order valence-electron chi connectivity index (χ0n) is 15.1. The van der Waals surface area contributed by atoms with Crippen molar-refractivity contribution in [1.29, 1.82) is 0 Å². The summed E-state index contributed by atoms with van der Waals surface area (Å²) in [6.45, 7) is 2.66. The zero-order chi connectivity index (χ0) is 20.1. The highest BCUT2D eigenvalue weighted by Crippen LogP contribution is 2.18. The van der Waals surface area contributed by atoms with Crippen molar-refractivity contribution in [2.75, 3.05) is 0 Å². The molecule has 9 heteroatoms. The van der Waals surface area contributed by atoms with Crippen LogP contribution in [0.5, 0.6) is 0 Å². The number of hydrogen-bond donors (Lipinski definition) is 6. The predicted molar refractivity (Wildman–Crippen MR) is 98.8 cm³/mol. The van der Waals surface area contributed by atoms with Crippen LogP contribution in [0.3, 0.4) is 0 Å². The average Bonchev–Trinajstić information content (AvgIpc) is 3.01. The van der Waals surface area contributed by atoms with Gasteiger partial charge in [-0.1, -0.05) is 18.2 Å². The molecule has 0 spiro atoms. The lowest BCUT2D eigenvalue weighted by atomic mass is 10.0. The minimum Gasteiger partial charge on any atom is -0.480 e. The molecule has 0 radical (unpaired) electrons. The van der Waals surface area contributed by atoms with Gasteiger partial charge >= 0.3 is 5.97 Å². The number of carbonyl (C=O) groups excluding carboxylic acids is 2. The Kier molecular flexibility index (Phi) is 6.54. The number of aliphatic hydroxyl groups is 1. The first kappa shape index (κ1) is 20.4. The van der Waals surface area contributed by atoms with Crippen LogP contribution in [0, 0.1) is 0 Å². The molecule has 0 saturated carbocycles. The Morgan fingerprint density at radius 1 is 1.15 bits per heavy atom. The van der Waals surface area contributed by atoms with Gasteiger partial charge in [-0.2, -0.15) is 0 Å². The van der Waals surface area contributed by atoms with E-state index in [0.717, 1.165) is 16.5 Å². The second-order valence-electron chi connectivity index (χ2n) is 6.47. The highest BCUT2D eigenvalue weighted by Gasteiger charge is 2.28. The summed E-state index contributed by atoms with van der Waals surface area (Å²) in [6.07, 6.45) is 0.780. The van der Waals surface area contributed by atoms with Crippen molar-refractivity contribution in [1.82, 2.24) is 15.6 Å². The summed E-state index contributed by atoms with van der Waals surface area (Å²) in [5.41, 5.74) is 7.77. The number of amides is 2. The third kappa shape index (κ3) is 5.05. The van der Waals surface area contributed by atoms with E-state index in [9.17, 15) is 19.5 Å². The summed E-state index contributed by atoms with van der Waals surface area (Å²) in [4.78, 5) is 38.5. The SMILES string of the molecule is CC(NC(=O)C(N)Cc1c[nH]c2ccccc12)C(=O)NC(C(=O)O)C(C)O. The summed E-state index contributed by atoms with van der Waals surface area (Å²) < 4.78 is 0. The summed E-state index contributed by atoms with van der Waals surface area (Å²) in [6, 6.07) is 4.27. The molecule has 2 amide bonds. The number of nitrogens with one attached hydrogen (secondary N) is 3. The van der Waals surface area contributed by atoms with Crippen LogP contribution in [-0.4, -0.2) is 57.2 Å². The summed E-state index contributed by atoms with van der Waals surface area (Å²) in [7, 11) is 0. The Hall–Kier alpha value is -2.91. The van der Waals surface area contributed by atoms with Gasteiger partial charge in [-0.05, 0) is 31.9 Å². The fraction of sp³-hybridized carbons (Fsp3) is 0.389. The minimum atomic E-state index is -1.46. The van der Waals surface area contributed by atoms with Crippen LogP contribution >= 0.6 is 0 Å². The fourth-order valence-corrected chi connectivity index (χ4v) is 2.68. The van der Waals surface area contributed by atoms with Crippen LogP contribution in [-0.2, 0) is 20.8 Å². The second-order valence-corrected chi connectivity index (χ2v) is 6.47. The molecule has 1 heterocycles. The first-order valence-corrected chi connectivity index (χ1v) is 8.53. The van der Waals surface area contributed by atoms with Crippen LogP contribution in [0.2, 0.25) is 0 Å². The molecule has 0 aliphatic heterocycles. The van der Waals surface area contributed by atoms with E-state index in [0.29, 0.717) is 0 Å². The number of aliphatic carboxylic acids is 1. The number of carbonyl (C=O) groups is 3. The van der Waals surface area contributed by atoms with Gasteiger partial charge in [0.15, 0.2) is 6.04 Å². The van der Waals surface area contributed by atoms with E-state index in [2.05, 4.69) is 15.6 Å². The Balaban J connectivity index is 1.95. The van der Waals surface area contributed by atoms with Gasteiger partial charge in [-0.25, -0.2) is 4.79 Å². The molecule has 146 valence electrons. The van der Waals surface area contributed by atoms with Crippen molar-refractivity contribution < 1.29 is 24.6 Å². The number of carboxylic acid groups (broad SMARTS) is 1. The van der Waals surface area contributed by atoms with Gasteiger partial charge in [0.2, 0.25) is 11.8 Å². The van der Waals surface area contributed by atoms with Gasteiger partial charge in [0.1, 0.15) is 6.04 Å². The zero-order valence-corrected chi connectivity index (χ0v) is 15.1. The number of benzene rings is 1. The number of rotatable bonds is 8. The molecule has 1 aromatic heterocycles. The number of aliphatic hydroxyl groups excluding tert-OH is 1. The average molecular weight is 376 g/mol. The van der Waals surface area contributed by atoms with E-state index in [-0.39, 0.29) is 6.42 Å². The molecule has 2 rings (SSSR count). The van der Waals surface area contributed by atoms with E-state index < -0.39 is 42.0 Å². The Morgan fingerprint density at radius 2 is 1.81 bits per heavy atom. The van der Waals surface area contributed by atoms with Gasteiger partial charge < -0.3 is 31.6 Å². The second kappa shape index (κ2) is 8.65. The Bertz CT molecular complexity index is 832. The van der Waals surface area contributed by atoms with E-state index >= 15 is 0 Å². The van der Waals surface area contributed by atoms with Crippen LogP contribution in [0.1, 0.15) is 19.4 Å². The number of aromatic amines is 1. The maximum Gasteiger partial charge on any atom is 0.328 e. The van der Waals surface area contributed by atoms with Gasteiger partial charge in [-0.3, -0.25) is 9.59 Å². The highest BCUT2D eigenvalue weighted by atomic mass is 16.4. The monoisotopic (exact) mass is 376 g/mol. The molecule has 0 saturated heterocycles. The minimum absolute atomic E-state index is 0.273. The van der Waals surface area contributed by atoms with Crippen molar-refractivity contribution in [2.24, 2.45) is 5.73 Å². The molecular formula is C18H24N4O5. The lowest BCUT2D eigenvalue weighted by Crippen LogP contribution is -2.55. The molecule has 27 heavy (non-hydrogen) atoms. The predicted octanol–water partition coefficient (Wildman–Crippen LogP) is -0.507. The van der Waals surface area contributed by atoms with Gasteiger partial charge in [0.25, 0.3) is 0 Å². The quantitative estimate of drug-likeness (QED) is 0.364. The van der Waals surface area contributed by atoms with E-state index in [4.69, 9.17) is 10.8 Å². The van der Waals surface area contributed by atoms with Crippen LogP contribution in [0.15, 0.2) is 30.5 Å². The number of hydrogen-bond acceptors (Lipinski definition) is 5. The first-order chi connectivity index (χ1) is 12.7. The third-order valence-electron chi connectivity index (χ3n) is 4.25. The van der Waals surface area contributed by atoms with Gasteiger partial charge in [-0.15, -0.1) is 0 Å². The van der Waals surface area contributed by atoms with Crippen LogP contribution in [0.4, 0.5) is 0 Å². The Labute approximate surface area is 155 Å². The fourth-order valence-electron chi connectivity index (χ4n) is 2.68. The van der Waals surface area contributed by atoms with E-state index in [1.807, 2.05) is 24.3 Å². The number of para-hydroxylation sites is 1. The number of fused-ring (bicyclic) bond motifs is 1.